The molecule has 0 aliphatic carbocycles. The number of aliphatic hydroxyl groups excluding tert-OH is 1. The molecule has 4 heterocycles. The number of nitrogens with zero attached hydrogens (tertiary/aromatic N) is 4. The largest absolute Gasteiger partial charge is 0.433 e. The van der Waals surface area contributed by atoms with Crippen LogP contribution in [0, 0.1) is 23.2 Å². The zero-order chi connectivity index (χ0) is 27.9. The Morgan fingerprint density at radius 3 is 2.56 bits per heavy atom. The van der Waals surface area contributed by atoms with Crippen molar-refractivity contribution < 1.29 is 32.6 Å². The van der Waals surface area contributed by atoms with Gasteiger partial charge in [0.15, 0.2) is 5.69 Å². The number of benzene rings is 2. The van der Waals surface area contributed by atoms with Gasteiger partial charge in [0.05, 0.1) is 41.1 Å². The molecule has 5 atom stereocenters. The quantitative estimate of drug-likeness (QED) is 0.507. The SMILES string of the molecule is CC12OC(CCn3cnc(C(F)(F)F)cc3=O)(CC1O)C1C(=O)N(c3ccc4ccccc4c3C#N)C(=O)C12. The maximum absolute atomic E-state index is 13.9. The topological polar surface area (TPSA) is 126 Å². The first kappa shape index (κ1) is 25.2. The molecular formula is C27H21F3N4O5. The predicted octanol–water partition coefficient (Wildman–Crippen LogP) is 2.78. The van der Waals surface area contributed by atoms with E-state index in [1.807, 2.05) is 0 Å². The number of carbonyl (C=O) groups excluding carboxylic acids is 2. The zero-order valence-corrected chi connectivity index (χ0v) is 20.5. The van der Waals surface area contributed by atoms with Gasteiger partial charge in [-0.1, -0.05) is 30.3 Å². The van der Waals surface area contributed by atoms with Crippen molar-refractivity contribution in [3.8, 4) is 6.07 Å². The second-order valence-electron chi connectivity index (χ2n) is 10.4. The predicted molar refractivity (Wildman–Crippen MR) is 129 cm³/mol. The fourth-order valence-corrected chi connectivity index (χ4v) is 6.48. The molecule has 6 rings (SSSR count). The van der Waals surface area contributed by atoms with Gasteiger partial charge in [-0.2, -0.15) is 18.4 Å². The van der Waals surface area contributed by atoms with Crippen LogP contribution in [0.2, 0.25) is 0 Å². The molecule has 0 radical (unpaired) electrons. The number of hydrogen-bond donors (Lipinski definition) is 1. The standard InChI is InChI=1S/C27H21F3N4O5/c1-25-19(35)11-26(39-25,8-9-33-13-32-18(10-20(33)36)27(28,29)30)22-21(25)23(37)34(24(22)38)17-7-6-14-4-2-3-5-15(14)16(17)12-31/h2-7,10,13,19,21-22,35H,8-9,11H2,1H3. The van der Waals surface area contributed by atoms with Gasteiger partial charge in [-0.25, -0.2) is 9.88 Å². The van der Waals surface area contributed by atoms with E-state index in [0.717, 1.165) is 21.2 Å². The number of hydrogen-bond acceptors (Lipinski definition) is 7. The Balaban J connectivity index is 1.37. The molecule has 3 aromatic rings. The van der Waals surface area contributed by atoms with Crippen LogP contribution in [-0.2, 0) is 27.0 Å². The summed E-state index contributed by atoms with van der Waals surface area (Å²) in [5, 5.41) is 22.2. The van der Waals surface area contributed by atoms with Crippen molar-refractivity contribution in [3.05, 3.63) is 70.4 Å². The lowest BCUT2D eigenvalue weighted by atomic mass is 9.66. The molecule has 5 unspecified atom stereocenters. The summed E-state index contributed by atoms with van der Waals surface area (Å²) in [4.78, 5) is 44.3. The first-order valence-electron chi connectivity index (χ1n) is 12.2. The highest BCUT2D eigenvalue weighted by Gasteiger charge is 2.77. The third-order valence-electron chi connectivity index (χ3n) is 8.32. The normalized spacial score (nSPS) is 29.7. The van der Waals surface area contributed by atoms with Gasteiger partial charge in [0.2, 0.25) is 11.8 Å². The van der Waals surface area contributed by atoms with Crippen molar-refractivity contribution >= 4 is 28.3 Å². The second kappa shape index (κ2) is 8.21. The lowest BCUT2D eigenvalue weighted by Gasteiger charge is -2.33. The van der Waals surface area contributed by atoms with Crippen molar-refractivity contribution in [1.29, 1.82) is 5.26 Å². The van der Waals surface area contributed by atoms with Crippen LogP contribution in [0.15, 0.2) is 53.6 Å². The second-order valence-corrected chi connectivity index (χ2v) is 10.4. The molecule has 2 aromatic carbocycles. The van der Waals surface area contributed by atoms with Gasteiger partial charge < -0.3 is 9.84 Å². The fraction of sp³-hybridized carbons (Fsp3) is 0.370. The Bertz CT molecular complexity index is 1660. The lowest BCUT2D eigenvalue weighted by Crippen LogP contribution is -2.49. The number of amides is 2. The molecule has 0 saturated carbocycles. The Labute approximate surface area is 219 Å². The molecule has 39 heavy (non-hydrogen) atoms. The number of nitriles is 1. The van der Waals surface area contributed by atoms with E-state index in [-0.39, 0.29) is 30.6 Å². The number of imide groups is 1. The van der Waals surface area contributed by atoms with E-state index in [1.165, 1.54) is 0 Å². The van der Waals surface area contributed by atoms with Gasteiger partial charge in [-0.15, -0.1) is 0 Å². The minimum atomic E-state index is -4.78. The van der Waals surface area contributed by atoms with Crippen molar-refractivity contribution in [3.63, 3.8) is 0 Å². The number of halogens is 3. The average molecular weight is 538 g/mol. The molecule has 2 amide bonds. The van der Waals surface area contributed by atoms with Gasteiger partial charge in [0, 0.05) is 24.4 Å². The van der Waals surface area contributed by atoms with E-state index in [0.29, 0.717) is 11.5 Å². The summed E-state index contributed by atoms with van der Waals surface area (Å²) in [7, 11) is 0. The van der Waals surface area contributed by atoms with E-state index in [2.05, 4.69) is 11.1 Å². The molecule has 3 aliphatic rings. The minimum Gasteiger partial charge on any atom is -0.390 e. The molecule has 1 N–H and O–H groups in total. The lowest BCUT2D eigenvalue weighted by molar-refractivity contribution is -0.141. The fourth-order valence-electron chi connectivity index (χ4n) is 6.48. The van der Waals surface area contributed by atoms with Crippen LogP contribution in [-0.4, -0.2) is 43.8 Å². The van der Waals surface area contributed by atoms with Crippen LogP contribution < -0.4 is 10.5 Å². The number of carbonyl (C=O) groups is 2. The number of fused-ring (bicyclic) bond motifs is 6. The molecule has 2 bridgehead atoms. The van der Waals surface area contributed by atoms with E-state index in [1.54, 1.807) is 43.3 Å². The number of anilines is 1. The molecule has 3 aliphatic heterocycles. The summed E-state index contributed by atoms with van der Waals surface area (Å²) in [6.07, 6.45) is -5.15. The van der Waals surface area contributed by atoms with Crippen molar-refractivity contribution in [2.75, 3.05) is 4.90 Å². The smallest absolute Gasteiger partial charge is 0.390 e. The molecule has 3 saturated heterocycles. The maximum Gasteiger partial charge on any atom is 0.433 e. The summed E-state index contributed by atoms with van der Waals surface area (Å²) in [6, 6.07) is 12.8. The number of alkyl halides is 3. The molecule has 0 spiro atoms. The monoisotopic (exact) mass is 538 g/mol. The number of rotatable bonds is 4. The highest BCUT2D eigenvalue weighted by Crippen LogP contribution is 2.62. The Morgan fingerprint density at radius 1 is 1.15 bits per heavy atom. The first-order valence-corrected chi connectivity index (χ1v) is 12.2. The Morgan fingerprint density at radius 2 is 1.87 bits per heavy atom. The Kier molecular flexibility index (Phi) is 5.31. The number of aryl methyl sites for hydroxylation is 1. The highest BCUT2D eigenvalue weighted by atomic mass is 19.4. The van der Waals surface area contributed by atoms with Crippen LogP contribution >= 0.6 is 0 Å². The minimum absolute atomic E-state index is 0.0107. The average Bonchev–Trinajstić information content (AvgIpc) is 3.43. The summed E-state index contributed by atoms with van der Waals surface area (Å²) >= 11 is 0. The van der Waals surface area contributed by atoms with Gasteiger partial charge in [0.25, 0.3) is 5.56 Å². The summed E-state index contributed by atoms with van der Waals surface area (Å²) in [6.45, 7) is 1.40. The van der Waals surface area contributed by atoms with E-state index in [4.69, 9.17) is 4.74 Å². The van der Waals surface area contributed by atoms with Gasteiger partial charge in [0.1, 0.15) is 11.7 Å². The number of aliphatic hydroxyl groups is 1. The number of aromatic nitrogens is 2. The van der Waals surface area contributed by atoms with Crippen LogP contribution in [0.3, 0.4) is 0 Å². The van der Waals surface area contributed by atoms with Gasteiger partial charge in [-0.3, -0.25) is 19.0 Å². The van der Waals surface area contributed by atoms with Crippen LogP contribution in [0.1, 0.15) is 31.0 Å². The molecule has 3 fully saturated rings. The van der Waals surface area contributed by atoms with Crippen molar-refractivity contribution in [2.24, 2.45) is 11.8 Å². The zero-order valence-electron chi connectivity index (χ0n) is 20.5. The van der Waals surface area contributed by atoms with E-state index < -0.39 is 58.4 Å². The molecule has 200 valence electrons. The third-order valence-corrected chi connectivity index (χ3v) is 8.32. The van der Waals surface area contributed by atoms with Gasteiger partial charge in [-0.05, 0) is 24.8 Å². The maximum atomic E-state index is 13.9. The summed E-state index contributed by atoms with van der Waals surface area (Å²) < 4.78 is 46.0. The van der Waals surface area contributed by atoms with Gasteiger partial charge >= 0.3 is 6.18 Å². The summed E-state index contributed by atoms with van der Waals surface area (Å²) in [5.41, 5.74) is -4.72. The third kappa shape index (κ3) is 3.46. The van der Waals surface area contributed by atoms with Crippen molar-refractivity contribution in [2.45, 2.75) is 49.8 Å². The van der Waals surface area contributed by atoms with E-state index >= 15 is 0 Å². The highest BCUT2D eigenvalue weighted by molar-refractivity contribution is 6.24. The molecular weight excluding hydrogens is 517 g/mol. The first-order chi connectivity index (χ1) is 18.4. The van der Waals surface area contributed by atoms with E-state index in [9.17, 15) is 37.9 Å². The Hall–Kier alpha value is -4.08. The molecule has 1 aromatic heterocycles. The number of ether oxygens (including phenoxy) is 1. The molecule has 12 heteroatoms. The van der Waals surface area contributed by atoms with Crippen molar-refractivity contribution in [1.82, 2.24) is 9.55 Å². The molecule has 9 nitrogen and oxygen atoms in total. The van der Waals surface area contributed by atoms with Crippen LogP contribution in [0.25, 0.3) is 10.8 Å². The summed E-state index contributed by atoms with van der Waals surface area (Å²) in [5.74, 6) is -3.26. The van der Waals surface area contributed by atoms with Crippen LogP contribution in [0.4, 0.5) is 18.9 Å². The van der Waals surface area contributed by atoms with Crippen LogP contribution in [0.5, 0.6) is 0 Å².